The third kappa shape index (κ3) is 1.48. The molecule has 0 aliphatic heterocycles. The summed E-state index contributed by atoms with van der Waals surface area (Å²) in [5.41, 5.74) is 2.70. The molecular weight excluding hydrogens is 196 g/mol. The quantitative estimate of drug-likeness (QED) is 0.605. The van der Waals surface area contributed by atoms with Crippen LogP contribution in [-0.2, 0) is 6.42 Å². The molecule has 0 aromatic carbocycles. The molecule has 0 aliphatic rings. The number of aryl methyl sites for hydroxylation is 2. The molecule has 0 bridgehead atoms. The van der Waals surface area contributed by atoms with Gasteiger partial charge in [0.05, 0.1) is 5.69 Å². The Kier molecular flexibility index (Phi) is 2.41. The Morgan fingerprint density at radius 2 is 2.07 bits per heavy atom. The minimum Gasteiger partial charge on any atom is -0.339 e. The first kappa shape index (κ1) is 9.45. The third-order valence-corrected chi connectivity index (χ3v) is 2.63. The Bertz CT molecular complexity index is 463. The van der Waals surface area contributed by atoms with E-state index >= 15 is 0 Å². The molecule has 1 N–H and O–H groups in total. The lowest BCUT2D eigenvalue weighted by Crippen LogP contribution is -1.90. The predicted molar refractivity (Wildman–Crippen MR) is 57.6 cm³/mol. The van der Waals surface area contributed by atoms with E-state index in [1.807, 2.05) is 13.2 Å². The largest absolute Gasteiger partial charge is 0.339 e. The van der Waals surface area contributed by atoms with E-state index < -0.39 is 0 Å². The van der Waals surface area contributed by atoms with Gasteiger partial charge in [-0.25, -0.2) is 15.0 Å². The third-order valence-electron chi connectivity index (χ3n) is 2.08. The molecule has 0 saturated carbocycles. The van der Waals surface area contributed by atoms with Gasteiger partial charge in [0.25, 0.3) is 0 Å². The molecule has 2 aromatic heterocycles. The van der Waals surface area contributed by atoms with Gasteiger partial charge >= 0.3 is 0 Å². The van der Waals surface area contributed by atoms with Crippen LogP contribution in [0.1, 0.15) is 18.4 Å². The van der Waals surface area contributed by atoms with Crippen molar-refractivity contribution in [3.63, 3.8) is 0 Å². The number of thioether (sulfide) groups is 1. The number of hydrogen-bond acceptors (Lipinski definition) is 4. The summed E-state index contributed by atoms with van der Waals surface area (Å²) in [5.74, 6) is 0.968. The summed E-state index contributed by atoms with van der Waals surface area (Å²) in [5, 5.41) is 0.782. The molecule has 0 radical (unpaired) electrons. The second kappa shape index (κ2) is 3.57. The molecule has 0 saturated heterocycles. The smallest absolute Gasteiger partial charge is 0.189 e. The Labute approximate surface area is 86.6 Å². The summed E-state index contributed by atoms with van der Waals surface area (Å²) < 4.78 is 0. The normalized spacial score (nSPS) is 11.1. The van der Waals surface area contributed by atoms with Gasteiger partial charge in [0.1, 0.15) is 11.3 Å². The lowest BCUT2D eigenvalue weighted by atomic mass is 10.4. The highest BCUT2D eigenvalue weighted by Crippen LogP contribution is 2.17. The first-order valence-corrected chi connectivity index (χ1v) is 5.74. The number of hydrogen-bond donors (Lipinski definition) is 1. The molecule has 2 aromatic rings. The van der Waals surface area contributed by atoms with Gasteiger partial charge in [-0.2, -0.15) is 0 Å². The number of H-pyrrole nitrogens is 1. The van der Waals surface area contributed by atoms with Crippen LogP contribution in [0.3, 0.4) is 0 Å². The second-order valence-corrected chi connectivity index (χ2v) is 3.80. The van der Waals surface area contributed by atoms with Crippen LogP contribution < -0.4 is 0 Å². The molecule has 0 aliphatic carbocycles. The maximum Gasteiger partial charge on any atom is 0.189 e. The average molecular weight is 208 g/mol. The van der Waals surface area contributed by atoms with Crippen LogP contribution in [0.15, 0.2) is 5.16 Å². The first-order chi connectivity index (χ1) is 6.74. The topological polar surface area (TPSA) is 54.5 Å². The van der Waals surface area contributed by atoms with Crippen molar-refractivity contribution in [1.82, 2.24) is 19.9 Å². The molecule has 0 fully saturated rings. The monoisotopic (exact) mass is 208 g/mol. The summed E-state index contributed by atoms with van der Waals surface area (Å²) >= 11 is 1.54. The Morgan fingerprint density at radius 3 is 2.71 bits per heavy atom. The lowest BCUT2D eigenvalue weighted by Gasteiger charge is -1.96. The molecule has 2 heterocycles. The molecule has 0 spiro atoms. The summed E-state index contributed by atoms with van der Waals surface area (Å²) in [7, 11) is 0. The fourth-order valence-corrected chi connectivity index (χ4v) is 1.72. The lowest BCUT2D eigenvalue weighted by molar-refractivity contribution is 0.961. The van der Waals surface area contributed by atoms with Crippen molar-refractivity contribution in [1.29, 1.82) is 0 Å². The van der Waals surface area contributed by atoms with Gasteiger partial charge < -0.3 is 4.98 Å². The van der Waals surface area contributed by atoms with Crippen LogP contribution >= 0.6 is 11.8 Å². The van der Waals surface area contributed by atoms with Gasteiger partial charge in [-0.05, 0) is 13.2 Å². The van der Waals surface area contributed by atoms with Gasteiger partial charge in [-0.15, -0.1) is 0 Å². The van der Waals surface area contributed by atoms with Gasteiger partial charge in [-0.3, -0.25) is 0 Å². The highest BCUT2D eigenvalue weighted by molar-refractivity contribution is 7.98. The van der Waals surface area contributed by atoms with Crippen molar-refractivity contribution >= 4 is 22.9 Å². The molecule has 74 valence electrons. The minimum absolute atomic E-state index is 0.777. The van der Waals surface area contributed by atoms with Crippen LogP contribution in [0, 0.1) is 6.92 Å². The minimum atomic E-state index is 0.777. The van der Waals surface area contributed by atoms with E-state index in [2.05, 4.69) is 26.9 Å². The number of nitrogens with zero attached hydrogens (tertiary/aromatic N) is 3. The van der Waals surface area contributed by atoms with E-state index in [0.29, 0.717) is 0 Å². The first-order valence-electron chi connectivity index (χ1n) is 4.51. The molecule has 4 nitrogen and oxygen atoms in total. The highest BCUT2D eigenvalue weighted by atomic mass is 32.2. The van der Waals surface area contributed by atoms with Crippen LogP contribution in [-0.4, -0.2) is 26.2 Å². The van der Waals surface area contributed by atoms with E-state index in [1.165, 1.54) is 11.8 Å². The van der Waals surface area contributed by atoms with Crippen molar-refractivity contribution in [3.8, 4) is 0 Å². The van der Waals surface area contributed by atoms with Crippen molar-refractivity contribution in [2.75, 3.05) is 6.26 Å². The molecule has 0 amide bonds. The number of imidazole rings is 1. The van der Waals surface area contributed by atoms with Crippen molar-refractivity contribution < 1.29 is 0 Å². The van der Waals surface area contributed by atoms with Gasteiger partial charge in [0.15, 0.2) is 10.8 Å². The maximum absolute atomic E-state index is 4.38. The molecule has 5 heteroatoms. The second-order valence-electron chi connectivity index (χ2n) is 3.03. The SMILES string of the molecule is CCc1nc2nc(SC)nc(C)c2[nH]1. The maximum atomic E-state index is 4.38. The molecule has 0 unspecified atom stereocenters. The van der Waals surface area contributed by atoms with Crippen LogP contribution in [0.5, 0.6) is 0 Å². The number of aromatic nitrogens is 4. The van der Waals surface area contributed by atoms with Crippen LogP contribution in [0.25, 0.3) is 11.2 Å². The summed E-state index contributed by atoms with van der Waals surface area (Å²) in [6, 6.07) is 0. The molecule has 2 rings (SSSR count). The van der Waals surface area contributed by atoms with Gasteiger partial charge in [0.2, 0.25) is 0 Å². The van der Waals surface area contributed by atoms with E-state index in [0.717, 1.165) is 34.3 Å². The van der Waals surface area contributed by atoms with Crippen LogP contribution in [0.2, 0.25) is 0 Å². The number of aromatic amines is 1. The Morgan fingerprint density at radius 1 is 1.29 bits per heavy atom. The van der Waals surface area contributed by atoms with Gasteiger partial charge in [0, 0.05) is 6.42 Å². The predicted octanol–water partition coefficient (Wildman–Crippen LogP) is 1.95. The van der Waals surface area contributed by atoms with Gasteiger partial charge in [-0.1, -0.05) is 18.7 Å². The fraction of sp³-hybridized carbons (Fsp3) is 0.444. The summed E-state index contributed by atoms with van der Waals surface area (Å²) in [6.45, 7) is 4.04. The van der Waals surface area contributed by atoms with Crippen molar-refractivity contribution in [2.24, 2.45) is 0 Å². The fourth-order valence-electron chi connectivity index (χ4n) is 1.32. The molecule has 0 atom stereocenters. The number of rotatable bonds is 2. The van der Waals surface area contributed by atoms with E-state index in [-0.39, 0.29) is 0 Å². The van der Waals surface area contributed by atoms with Crippen molar-refractivity contribution in [3.05, 3.63) is 11.5 Å². The van der Waals surface area contributed by atoms with E-state index in [9.17, 15) is 0 Å². The number of fused-ring (bicyclic) bond motifs is 1. The summed E-state index contributed by atoms with van der Waals surface area (Å²) in [4.78, 5) is 16.3. The van der Waals surface area contributed by atoms with E-state index in [4.69, 9.17) is 0 Å². The Balaban J connectivity index is 2.67. The zero-order valence-electron chi connectivity index (χ0n) is 8.46. The standard InChI is InChI=1S/C9H12N4S/c1-4-6-11-7-5(2)10-9(14-3)13-8(7)12-6/h4H2,1-3H3,(H,10,11,12,13). The van der Waals surface area contributed by atoms with Crippen LogP contribution in [0.4, 0.5) is 0 Å². The number of nitrogens with one attached hydrogen (secondary N) is 1. The highest BCUT2D eigenvalue weighted by Gasteiger charge is 2.08. The summed E-state index contributed by atoms with van der Waals surface area (Å²) in [6.07, 6.45) is 2.86. The molecular formula is C9H12N4S. The zero-order chi connectivity index (χ0) is 10.1. The zero-order valence-corrected chi connectivity index (χ0v) is 9.27. The Hall–Kier alpha value is -1.10. The molecule has 14 heavy (non-hydrogen) atoms. The van der Waals surface area contributed by atoms with Crippen molar-refractivity contribution in [2.45, 2.75) is 25.4 Å². The average Bonchev–Trinajstić information content (AvgIpc) is 2.61. The van der Waals surface area contributed by atoms with E-state index in [1.54, 1.807) is 0 Å².